The molecule has 0 amide bonds. The third-order valence-corrected chi connectivity index (χ3v) is 4.90. The van der Waals surface area contributed by atoms with Gasteiger partial charge in [0.05, 0.1) is 11.4 Å². The van der Waals surface area contributed by atoms with E-state index in [0.29, 0.717) is 23.2 Å². The molecular formula is C13H19ClN2O2S. The Bertz CT molecular complexity index is 542. The van der Waals surface area contributed by atoms with Gasteiger partial charge in [0.2, 0.25) is 10.0 Å². The largest absolute Gasteiger partial charge is 0.314 e. The molecule has 0 aromatic heterocycles. The first-order chi connectivity index (χ1) is 8.98. The molecule has 106 valence electrons. The van der Waals surface area contributed by atoms with E-state index in [9.17, 15) is 8.42 Å². The molecule has 1 aromatic carbocycles. The van der Waals surface area contributed by atoms with Crippen molar-refractivity contribution in [2.45, 2.75) is 32.2 Å². The maximum Gasteiger partial charge on any atom is 0.232 e. The summed E-state index contributed by atoms with van der Waals surface area (Å²) in [5.74, 6) is 0.124. The van der Waals surface area contributed by atoms with Gasteiger partial charge in [-0.1, -0.05) is 17.7 Å². The molecule has 1 aliphatic carbocycles. The number of rotatable bonds is 7. The summed E-state index contributed by atoms with van der Waals surface area (Å²) in [5.41, 5.74) is 1.31. The fourth-order valence-electron chi connectivity index (χ4n) is 1.79. The van der Waals surface area contributed by atoms with E-state index in [-0.39, 0.29) is 5.75 Å². The SMILES string of the molecule is Cc1c(Cl)cccc1NS(=O)(=O)CCCNC1CC1. The summed E-state index contributed by atoms with van der Waals surface area (Å²) in [5, 5.41) is 3.87. The van der Waals surface area contributed by atoms with E-state index in [1.807, 2.05) is 0 Å². The highest BCUT2D eigenvalue weighted by atomic mass is 35.5. The van der Waals surface area contributed by atoms with Gasteiger partial charge in [-0.05, 0) is 50.4 Å². The van der Waals surface area contributed by atoms with Crippen LogP contribution >= 0.6 is 11.6 Å². The molecule has 0 spiro atoms. The van der Waals surface area contributed by atoms with E-state index in [1.165, 1.54) is 12.8 Å². The van der Waals surface area contributed by atoms with Crippen molar-refractivity contribution in [2.24, 2.45) is 0 Å². The molecule has 0 radical (unpaired) electrons. The molecule has 0 heterocycles. The van der Waals surface area contributed by atoms with E-state index in [0.717, 1.165) is 12.1 Å². The summed E-state index contributed by atoms with van der Waals surface area (Å²) < 4.78 is 26.5. The minimum absolute atomic E-state index is 0.124. The van der Waals surface area contributed by atoms with E-state index < -0.39 is 10.0 Å². The van der Waals surface area contributed by atoms with Crippen molar-refractivity contribution in [3.63, 3.8) is 0 Å². The second kappa shape index (κ2) is 6.11. The molecule has 2 rings (SSSR count). The first-order valence-corrected chi connectivity index (χ1v) is 8.50. The average molecular weight is 303 g/mol. The summed E-state index contributed by atoms with van der Waals surface area (Å²) in [6.07, 6.45) is 3.05. The maximum atomic E-state index is 11.9. The Morgan fingerprint density at radius 3 is 2.79 bits per heavy atom. The molecule has 1 fully saturated rings. The van der Waals surface area contributed by atoms with Crippen molar-refractivity contribution in [1.29, 1.82) is 0 Å². The number of hydrogen-bond acceptors (Lipinski definition) is 3. The summed E-state index contributed by atoms with van der Waals surface area (Å²) in [7, 11) is -3.30. The van der Waals surface area contributed by atoms with E-state index in [4.69, 9.17) is 11.6 Å². The molecule has 1 aromatic rings. The van der Waals surface area contributed by atoms with E-state index in [2.05, 4.69) is 10.0 Å². The Balaban J connectivity index is 1.86. The molecule has 0 aliphatic heterocycles. The Morgan fingerprint density at radius 1 is 1.37 bits per heavy atom. The lowest BCUT2D eigenvalue weighted by molar-refractivity contribution is 0.593. The van der Waals surface area contributed by atoms with Crippen molar-refractivity contribution in [1.82, 2.24) is 5.32 Å². The Morgan fingerprint density at radius 2 is 2.11 bits per heavy atom. The van der Waals surface area contributed by atoms with Crippen LogP contribution in [0.3, 0.4) is 0 Å². The number of benzene rings is 1. The minimum Gasteiger partial charge on any atom is -0.314 e. The van der Waals surface area contributed by atoms with Gasteiger partial charge in [0, 0.05) is 11.1 Å². The lowest BCUT2D eigenvalue weighted by atomic mass is 10.2. The first kappa shape index (κ1) is 14.6. The van der Waals surface area contributed by atoms with Crippen LogP contribution in [0.15, 0.2) is 18.2 Å². The summed E-state index contributed by atoms with van der Waals surface area (Å²) in [4.78, 5) is 0. The van der Waals surface area contributed by atoms with Crippen LogP contribution in [0, 0.1) is 6.92 Å². The predicted molar refractivity (Wildman–Crippen MR) is 79.2 cm³/mol. The summed E-state index contributed by atoms with van der Waals surface area (Å²) in [6.45, 7) is 2.55. The number of sulfonamides is 1. The molecule has 2 N–H and O–H groups in total. The molecule has 19 heavy (non-hydrogen) atoms. The number of nitrogens with one attached hydrogen (secondary N) is 2. The molecule has 0 unspecified atom stereocenters. The number of halogens is 1. The minimum atomic E-state index is -3.30. The van der Waals surface area contributed by atoms with Crippen LogP contribution in [0.2, 0.25) is 5.02 Å². The maximum absolute atomic E-state index is 11.9. The standard InChI is InChI=1S/C13H19ClN2O2S/c1-10-12(14)4-2-5-13(10)16-19(17,18)9-3-8-15-11-6-7-11/h2,4-5,11,15-16H,3,6-9H2,1H3. The fourth-order valence-corrected chi connectivity index (χ4v) is 3.15. The van der Waals surface area contributed by atoms with E-state index in [1.54, 1.807) is 25.1 Å². The van der Waals surface area contributed by atoms with Crippen molar-refractivity contribution in [2.75, 3.05) is 17.0 Å². The lowest BCUT2D eigenvalue weighted by Gasteiger charge is -2.11. The van der Waals surface area contributed by atoms with Gasteiger partial charge >= 0.3 is 0 Å². The van der Waals surface area contributed by atoms with Crippen LogP contribution in [-0.4, -0.2) is 26.8 Å². The van der Waals surface area contributed by atoms with Crippen LogP contribution in [0.1, 0.15) is 24.8 Å². The topological polar surface area (TPSA) is 58.2 Å². The third kappa shape index (κ3) is 4.67. The summed E-state index contributed by atoms with van der Waals surface area (Å²) >= 11 is 5.97. The first-order valence-electron chi connectivity index (χ1n) is 6.47. The van der Waals surface area contributed by atoms with Gasteiger partial charge in [0.15, 0.2) is 0 Å². The highest BCUT2D eigenvalue weighted by Gasteiger charge is 2.20. The third-order valence-electron chi connectivity index (χ3n) is 3.13. The molecule has 0 atom stereocenters. The normalized spacial score (nSPS) is 15.5. The Kier molecular flexibility index (Phi) is 4.71. The van der Waals surface area contributed by atoms with Gasteiger partial charge in [-0.15, -0.1) is 0 Å². The highest BCUT2D eigenvalue weighted by molar-refractivity contribution is 7.92. The molecular weight excluding hydrogens is 284 g/mol. The zero-order valence-electron chi connectivity index (χ0n) is 10.9. The lowest BCUT2D eigenvalue weighted by Crippen LogP contribution is -2.23. The monoisotopic (exact) mass is 302 g/mol. The molecule has 0 bridgehead atoms. The van der Waals surface area contributed by atoms with Crippen LogP contribution in [0.25, 0.3) is 0 Å². The average Bonchev–Trinajstić information content (AvgIpc) is 3.15. The quantitative estimate of drug-likeness (QED) is 0.761. The van der Waals surface area contributed by atoms with Crippen molar-refractivity contribution in [3.8, 4) is 0 Å². The van der Waals surface area contributed by atoms with Crippen molar-refractivity contribution in [3.05, 3.63) is 28.8 Å². The number of anilines is 1. The zero-order chi connectivity index (χ0) is 13.9. The van der Waals surface area contributed by atoms with Gasteiger partial charge in [-0.2, -0.15) is 0 Å². The second-order valence-corrected chi connectivity index (χ2v) is 7.16. The molecule has 6 heteroatoms. The smallest absolute Gasteiger partial charge is 0.232 e. The van der Waals surface area contributed by atoms with Gasteiger partial charge < -0.3 is 5.32 Å². The second-order valence-electron chi connectivity index (χ2n) is 4.92. The van der Waals surface area contributed by atoms with Crippen LogP contribution in [-0.2, 0) is 10.0 Å². The Labute approximate surface area is 119 Å². The summed E-state index contributed by atoms with van der Waals surface area (Å²) in [6, 6.07) is 5.82. The highest BCUT2D eigenvalue weighted by Crippen LogP contribution is 2.24. The van der Waals surface area contributed by atoms with Gasteiger partial charge in [-0.25, -0.2) is 8.42 Å². The van der Waals surface area contributed by atoms with E-state index >= 15 is 0 Å². The fraction of sp³-hybridized carbons (Fsp3) is 0.538. The van der Waals surface area contributed by atoms with Crippen molar-refractivity contribution < 1.29 is 8.42 Å². The molecule has 1 saturated carbocycles. The number of hydrogen-bond donors (Lipinski definition) is 2. The van der Waals surface area contributed by atoms with Gasteiger partial charge in [0.1, 0.15) is 0 Å². The van der Waals surface area contributed by atoms with Crippen LogP contribution in [0.4, 0.5) is 5.69 Å². The van der Waals surface area contributed by atoms with Crippen LogP contribution < -0.4 is 10.0 Å². The Hall–Kier alpha value is -0.780. The van der Waals surface area contributed by atoms with Crippen molar-refractivity contribution >= 4 is 27.3 Å². The van der Waals surface area contributed by atoms with Gasteiger partial charge in [0.25, 0.3) is 0 Å². The zero-order valence-corrected chi connectivity index (χ0v) is 12.5. The molecule has 4 nitrogen and oxygen atoms in total. The van der Waals surface area contributed by atoms with Crippen LogP contribution in [0.5, 0.6) is 0 Å². The molecule has 0 saturated heterocycles. The van der Waals surface area contributed by atoms with Gasteiger partial charge in [-0.3, -0.25) is 4.72 Å². The predicted octanol–water partition coefficient (Wildman–Crippen LogP) is 2.53. The molecule has 1 aliphatic rings.